The molecule has 0 N–H and O–H groups in total. The van der Waals surface area contributed by atoms with Crippen molar-refractivity contribution in [3.63, 3.8) is 0 Å². The zero-order valence-electron chi connectivity index (χ0n) is 27.2. The van der Waals surface area contributed by atoms with Gasteiger partial charge >= 0.3 is 81.2 Å². The van der Waals surface area contributed by atoms with Crippen LogP contribution in [0.25, 0.3) is 32.7 Å². The minimum absolute atomic E-state index is 0.0298. The van der Waals surface area contributed by atoms with Crippen LogP contribution in [-0.4, -0.2) is 44.7 Å². The van der Waals surface area contributed by atoms with Crippen LogP contribution in [0.4, 0.5) is 0 Å². The van der Waals surface area contributed by atoms with Crippen molar-refractivity contribution in [2.75, 3.05) is 7.11 Å². The fraction of sp³-hybridized carbons (Fsp3) is 0.400. The Labute approximate surface area is 273 Å². The number of esters is 1. The summed E-state index contributed by atoms with van der Waals surface area (Å²) in [4.78, 5) is 13.0. The van der Waals surface area contributed by atoms with Gasteiger partial charge < -0.3 is 25.3 Å². The third-order valence-corrected chi connectivity index (χ3v) is 16.6. The zero-order chi connectivity index (χ0) is 31.6. The molecule has 2 radical (unpaired) electrons. The van der Waals surface area contributed by atoms with Crippen molar-refractivity contribution in [1.82, 2.24) is 0 Å². The first kappa shape index (κ1) is 34.8. The van der Waals surface area contributed by atoms with E-state index in [1.165, 1.54) is 50.2 Å². The number of ether oxygens (including phenoxy) is 1. The second-order valence-corrected chi connectivity index (χ2v) is 29.9. The summed E-state index contributed by atoms with van der Waals surface area (Å²) in [5, 5.41) is 8.69. The van der Waals surface area contributed by atoms with Gasteiger partial charge in [-0.3, -0.25) is 0 Å². The van der Waals surface area contributed by atoms with Crippen LogP contribution >= 0.6 is 0 Å². The van der Waals surface area contributed by atoms with E-state index in [-0.39, 0.29) is 27.3 Å². The smallest absolute Gasteiger partial charge is 0.0756 e. The molecular formula is C35H46GeO2S2Si2-2. The molecule has 4 aromatic carbocycles. The maximum absolute atomic E-state index is 11.0. The van der Waals surface area contributed by atoms with Crippen molar-refractivity contribution < 1.29 is 9.53 Å². The number of hydrogen-bond acceptors (Lipinski definition) is 4. The Morgan fingerprint density at radius 3 is 1.50 bits per heavy atom. The van der Waals surface area contributed by atoms with Crippen LogP contribution in [0.1, 0.15) is 27.7 Å². The summed E-state index contributed by atoms with van der Waals surface area (Å²) in [7, 11) is -1.79. The molecule has 0 fully saturated rings. The van der Waals surface area contributed by atoms with Crippen LogP contribution in [0.2, 0.25) is 48.8 Å². The van der Waals surface area contributed by atoms with Crippen molar-refractivity contribution in [2.24, 2.45) is 5.92 Å². The van der Waals surface area contributed by atoms with Gasteiger partial charge in [0.2, 0.25) is 0 Å². The Balaban J connectivity index is 0.000000343. The van der Waals surface area contributed by atoms with Crippen LogP contribution in [0.5, 0.6) is 0 Å². The van der Waals surface area contributed by atoms with E-state index >= 15 is 0 Å². The number of benzene rings is 4. The van der Waals surface area contributed by atoms with Crippen LogP contribution in [0.3, 0.4) is 0 Å². The Morgan fingerprint density at radius 1 is 0.786 bits per heavy atom. The topological polar surface area (TPSA) is 26.3 Å². The van der Waals surface area contributed by atoms with Crippen molar-refractivity contribution >= 4 is 94.7 Å². The van der Waals surface area contributed by atoms with Crippen LogP contribution in [0, 0.1) is 5.92 Å². The van der Waals surface area contributed by atoms with Gasteiger partial charge in [0, 0.05) is 0 Å². The SMILES string of the molecule is COC(=O)[C@@H](C)[CH2][Ge][C](C)(C)C.C[Si](C)(C)c1cc2ccccc2c(-c2c([S-])c([Si](C)(C)C)cc3ccccc23)c1[S-]. The molecule has 0 aliphatic carbocycles. The van der Waals surface area contributed by atoms with Crippen LogP contribution in [-0.2, 0) is 34.8 Å². The van der Waals surface area contributed by atoms with E-state index in [4.69, 9.17) is 25.3 Å². The molecule has 224 valence electrons. The molecule has 0 aliphatic rings. The van der Waals surface area contributed by atoms with Crippen LogP contribution < -0.4 is 10.4 Å². The van der Waals surface area contributed by atoms with Crippen molar-refractivity contribution in [3.8, 4) is 11.1 Å². The number of carbonyl (C=O) groups excluding carboxylic acids is 1. The van der Waals surface area contributed by atoms with Crippen LogP contribution in [0.15, 0.2) is 70.5 Å². The molecule has 0 amide bonds. The van der Waals surface area contributed by atoms with Crippen molar-refractivity contribution in [2.45, 2.75) is 86.3 Å². The predicted octanol–water partition coefficient (Wildman–Crippen LogP) is 8.70. The summed E-state index contributed by atoms with van der Waals surface area (Å²) in [6.07, 6.45) is 0. The van der Waals surface area contributed by atoms with Gasteiger partial charge in [-0.1, -0.05) is 110 Å². The zero-order valence-corrected chi connectivity index (χ0v) is 32.9. The molecule has 0 spiro atoms. The number of methoxy groups -OCH3 is 1. The molecule has 1 atom stereocenters. The first-order chi connectivity index (χ1) is 19.4. The number of fused-ring (bicyclic) bond motifs is 2. The third-order valence-electron chi connectivity index (χ3n) is 7.41. The molecule has 0 aliphatic heterocycles. The van der Waals surface area contributed by atoms with E-state index < -0.39 is 16.1 Å². The summed E-state index contributed by atoms with van der Waals surface area (Å²) >= 11 is 12.4. The van der Waals surface area contributed by atoms with Gasteiger partial charge in [0.15, 0.2) is 0 Å². The molecule has 0 saturated heterocycles. The van der Waals surface area contributed by atoms with Gasteiger partial charge in [-0.15, -0.1) is 0 Å². The predicted molar refractivity (Wildman–Crippen MR) is 196 cm³/mol. The first-order valence-electron chi connectivity index (χ1n) is 14.7. The van der Waals surface area contributed by atoms with Crippen molar-refractivity contribution in [1.29, 1.82) is 0 Å². The molecule has 42 heavy (non-hydrogen) atoms. The second kappa shape index (κ2) is 13.5. The number of carbonyl (C=O) groups is 1. The molecule has 0 heterocycles. The summed E-state index contributed by atoms with van der Waals surface area (Å²) in [5.41, 5.74) is 2.34. The quantitative estimate of drug-likeness (QED) is 0.115. The monoisotopic (exact) mass is 692 g/mol. The maximum Gasteiger partial charge on any atom is 0.0756 e. The van der Waals surface area contributed by atoms with E-state index in [2.05, 4.69) is 125 Å². The Kier molecular flexibility index (Phi) is 11.2. The van der Waals surface area contributed by atoms with E-state index in [1.54, 1.807) is 0 Å². The largest absolute Gasteiger partial charge is 0.779 e. The van der Waals surface area contributed by atoms with Crippen molar-refractivity contribution in [3.05, 3.63) is 60.7 Å². The minimum atomic E-state index is -1.62. The molecule has 2 nitrogen and oxygen atoms in total. The van der Waals surface area contributed by atoms with E-state index in [0.717, 1.165) is 15.0 Å². The molecule has 4 aromatic rings. The van der Waals surface area contributed by atoms with Gasteiger partial charge in [0.05, 0.1) is 16.1 Å². The van der Waals surface area contributed by atoms with E-state index in [9.17, 15) is 4.79 Å². The van der Waals surface area contributed by atoms with E-state index in [1.807, 2.05) is 6.92 Å². The average molecular weight is 692 g/mol. The molecule has 7 heteroatoms. The molecular weight excluding hydrogens is 645 g/mol. The van der Waals surface area contributed by atoms with Gasteiger partial charge in [-0.25, -0.2) is 0 Å². The molecule has 4 rings (SSSR count). The number of hydrogen-bond donors (Lipinski definition) is 0. The maximum atomic E-state index is 11.0. The average Bonchev–Trinajstić information content (AvgIpc) is 2.90. The second-order valence-electron chi connectivity index (χ2n) is 14.3. The third kappa shape index (κ3) is 8.26. The summed E-state index contributed by atoms with van der Waals surface area (Å²) in [6, 6.07) is 22.0. The van der Waals surface area contributed by atoms with Gasteiger partial charge in [-0.2, -0.15) is 9.79 Å². The fourth-order valence-electron chi connectivity index (χ4n) is 5.01. The summed E-state index contributed by atoms with van der Waals surface area (Å²) in [6.45, 7) is 22.9. The molecule has 0 bridgehead atoms. The molecule has 0 saturated carbocycles. The Morgan fingerprint density at radius 2 is 1.17 bits per heavy atom. The Hall–Kier alpha value is -1.71. The van der Waals surface area contributed by atoms with Gasteiger partial charge in [0.25, 0.3) is 0 Å². The standard InChI is InChI=1S/C26H30S2Si2.C9H18GeO2/c1-29(2,3)21-15-17-11-7-9-13-19(17)23(25(21)27)24-20-14-10-8-12-18(20)16-22(26(24)28)30(4,5)6;1-7(8(11)12-5)6-10-9(2,3)4/h7-16,27-28H,1-6H3;7H,6H2,1-5H3/p-2/t;7-/m.0/s1. The van der Waals surface area contributed by atoms with E-state index in [0.29, 0.717) is 4.25 Å². The normalized spacial score (nSPS) is 13.0. The molecule has 0 unspecified atom stereocenters. The number of rotatable bonds is 6. The van der Waals surface area contributed by atoms with Gasteiger partial charge in [-0.05, 0) is 32.7 Å². The fourth-order valence-corrected chi connectivity index (χ4v) is 12.5. The van der Waals surface area contributed by atoms with Gasteiger partial charge in [0.1, 0.15) is 0 Å². The summed E-state index contributed by atoms with van der Waals surface area (Å²) in [5.74, 6) is 0.0252. The first-order valence-corrected chi connectivity index (χ1v) is 25.0. The minimum Gasteiger partial charge on any atom is -0.779 e. The molecule has 0 aromatic heterocycles. The summed E-state index contributed by atoms with van der Waals surface area (Å²) < 4.78 is 5.09. The Bertz CT molecular complexity index is 1480.